The van der Waals surface area contributed by atoms with Crippen LogP contribution in [0, 0.1) is 5.92 Å². The molecule has 0 aliphatic carbocycles. The second-order valence-corrected chi connectivity index (χ2v) is 4.85. The number of nitrogens with zero attached hydrogens (tertiary/aromatic N) is 1. The van der Waals surface area contributed by atoms with Crippen molar-refractivity contribution in [1.29, 1.82) is 0 Å². The van der Waals surface area contributed by atoms with Gasteiger partial charge in [-0.05, 0) is 18.1 Å². The first-order valence-electron chi connectivity index (χ1n) is 5.82. The summed E-state index contributed by atoms with van der Waals surface area (Å²) in [7, 11) is 0. The lowest BCUT2D eigenvalue weighted by Gasteiger charge is -2.16. The standard InChI is InChI=1S/C13H16ClNO2/c14-12-4-2-1-3-11(12)7-13(17)15-6-5-10(8-15)9-16/h1-4,10,16H,5-9H2/t10-/m1/s1. The first-order valence-corrected chi connectivity index (χ1v) is 6.20. The normalized spacial score (nSPS) is 19.6. The molecule has 1 aromatic carbocycles. The summed E-state index contributed by atoms with van der Waals surface area (Å²) in [6.45, 7) is 1.57. The van der Waals surface area contributed by atoms with Crippen LogP contribution >= 0.6 is 11.6 Å². The summed E-state index contributed by atoms with van der Waals surface area (Å²) < 4.78 is 0. The lowest BCUT2D eigenvalue weighted by atomic mass is 10.1. The minimum Gasteiger partial charge on any atom is -0.396 e. The Hall–Kier alpha value is -1.06. The van der Waals surface area contributed by atoms with Crippen LogP contribution in [0.25, 0.3) is 0 Å². The van der Waals surface area contributed by atoms with E-state index in [4.69, 9.17) is 16.7 Å². The summed E-state index contributed by atoms with van der Waals surface area (Å²) in [6, 6.07) is 7.41. The van der Waals surface area contributed by atoms with E-state index in [1.165, 1.54) is 0 Å². The molecule has 1 aliphatic heterocycles. The van der Waals surface area contributed by atoms with Gasteiger partial charge in [0.25, 0.3) is 0 Å². The Labute approximate surface area is 106 Å². The van der Waals surface area contributed by atoms with Crippen molar-refractivity contribution < 1.29 is 9.90 Å². The van der Waals surface area contributed by atoms with E-state index in [2.05, 4.69) is 0 Å². The Morgan fingerprint density at radius 3 is 2.88 bits per heavy atom. The molecule has 1 aliphatic rings. The van der Waals surface area contributed by atoms with Gasteiger partial charge in [-0.15, -0.1) is 0 Å². The van der Waals surface area contributed by atoms with Crippen molar-refractivity contribution in [2.45, 2.75) is 12.8 Å². The van der Waals surface area contributed by atoms with Gasteiger partial charge >= 0.3 is 0 Å². The number of hydrogen-bond acceptors (Lipinski definition) is 2. The van der Waals surface area contributed by atoms with E-state index in [-0.39, 0.29) is 18.4 Å². The van der Waals surface area contributed by atoms with E-state index in [0.717, 1.165) is 18.5 Å². The molecule has 2 rings (SSSR count). The van der Waals surface area contributed by atoms with Gasteiger partial charge in [-0.2, -0.15) is 0 Å². The zero-order chi connectivity index (χ0) is 12.3. The van der Waals surface area contributed by atoms with Crippen molar-refractivity contribution in [3.63, 3.8) is 0 Å². The number of carbonyl (C=O) groups excluding carboxylic acids is 1. The van der Waals surface area contributed by atoms with Crippen LogP contribution in [0.2, 0.25) is 5.02 Å². The van der Waals surface area contributed by atoms with E-state index in [9.17, 15) is 4.79 Å². The zero-order valence-electron chi connectivity index (χ0n) is 9.60. The number of likely N-dealkylation sites (tertiary alicyclic amines) is 1. The molecule has 4 heteroatoms. The third-order valence-electron chi connectivity index (χ3n) is 3.20. The van der Waals surface area contributed by atoms with Crippen LogP contribution in [-0.2, 0) is 11.2 Å². The number of hydrogen-bond donors (Lipinski definition) is 1. The van der Waals surface area contributed by atoms with Crippen LogP contribution < -0.4 is 0 Å². The van der Waals surface area contributed by atoms with E-state index >= 15 is 0 Å². The van der Waals surface area contributed by atoms with E-state index < -0.39 is 0 Å². The van der Waals surface area contributed by atoms with Crippen LogP contribution in [0.15, 0.2) is 24.3 Å². The maximum atomic E-state index is 12.0. The Morgan fingerprint density at radius 1 is 1.47 bits per heavy atom. The minimum atomic E-state index is 0.0917. The quantitative estimate of drug-likeness (QED) is 0.891. The van der Waals surface area contributed by atoms with Crippen LogP contribution in [-0.4, -0.2) is 35.6 Å². The summed E-state index contributed by atoms with van der Waals surface area (Å²) in [4.78, 5) is 13.8. The van der Waals surface area contributed by atoms with Gasteiger partial charge in [0.2, 0.25) is 5.91 Å². The van der Waals surface area contributed by atoms with Gasteiger partial charge in [0.1, 0.15) is 0 Å². The highest BCUT2D eigenvalue weighted by molar-refractivity contribution is 6.31. The van der Waals surface area contributed by atoms with Gasteiger partial charge in [0.05, 0.1) is 6.42 Å². The summed E-state index contributed by atoms with van der Waals surface area (Å²) in [6.07, 6.45) is 1.24. The van der Waals surface area contributed by atoms with Crippen LogP contribution in [0.4, 0.5) is 0 Å². The monoisotopic (exact) mass is 253 g/mol. The van der Waals surface area contributed by atoms with Gasteiger partial charge < -0.3 is 10.0 Å². The summed E-state index contributed by atoms with van der Waals surface area (Å²) in [5, 5.41) is 9.68. The lowest BCUT2D eigenvalue weighted by molar-refractivity contribution is -0.129. The van der Waals surface area contributed by atoms with Crippen molar-refractivity contribution in [1.82, 2.24) is 4.90 Å². The van der Waals surface area contributed by atoms with E-state index in [1.807, 2.05) is 23.1 Å². The van der Waals surface area contributed by atoms with Crippen molar-refractivity contribution >= 4 is 17.5 Å². The average Bonchev–Trinajstić information content (AvgIpc) is 2.81. The van der Waals surface area contributed by atoms with Gasteiger partial charge in [-0.25, -0.2) is 0 Å². The maximum absolute atomic E-state index is 12.0. The molecule has 3 nitrogen and oxygen atoms in total. The first kappa shape index (κ1) is 12.4. The molecule has 1 atom stereocenters. The smallest absolute Gasteiger partial charge is 0.227 e. The predicted molar refractivity (Wildman–Crippen MR) is 66.9 cm³/mol. The molecule has 0 radical (unpaired) electrons. The summed E-state index contributed by atoms with van der Waals surface area (Å²) in [5.41, 5.74) is 0.867. The number of aliphatic hydroxyl groups is 1. The Bertz CT molecular complexity index is 408. The highest BCUT2D eigenvalue weighted by Crippen LogP contribution is 2.19. The average molecular weight is 254 g/mol. The Kier molecular flexibility index (Phi) is 4.02. The highest BCUT2D eigenvalue weighted by Gasteiger charge is 2.25. The van der Waals surface area contributed by atoms with Gasteiger partial charge in [0, 0.05) is 30.6 Å². The highest BCUT2D eigenvalue weighted by atomic mass is 35.5. The van der Waals surface area contributed by atoms with Gasteiger partial charge in [-0.3, -0.25) is 4.79 Å². The molecule has 0 unspecified atom stereocenters. The molecular formula is C13H16ClNO2. The van der Waals surface area contributed by atoms with Crippen LogP contribution in [0.1, 0.15) is 12.0 Å². The van der Waals surface area contributed by atoms with Crippen molar-refractivity contribution in [3.05, 3.63) is 34.9 Å². The number of aliphatic hydroxyl groups excluding tert-OH is 1. The fourth-order valence-corrected chi connectivity index (χ4v) is 2.33. The second-order valence-electron chi connectivity index (χ2n) is 4.45. The Morgan fingerprint density at radius 2 is 2.24 bits per heavy atom. The van der Waals surface area contributed by atoms with E-state index in [1.54, 1.807) is 6.07 Å². The van der Waals surface area contributed by atoms with Crippen molar-refractivity contribution in [3.8, 4) is 0 Å². The summed E-state index contributed by atoms with van der Waals surface area (Å²) >= 11 is 6.02. The number of benzene rings is 1. The number of amides is 1. The van der Waals surface area contributed by atoms with Crippen molar-refractivity contribution in [2.24, 2.45) is 5.92 Å². The fraction of sp³-hybridized carbons (Fsp3) is 0.462. The second kappa shape index (κ2) is 5.52. The SMILES string of the molecule is O=C(Cc1ccccc1Cl)N1CC[C@@H](CO)C1. The number of halogens is 1. The lowest BCUT2D eigenvalue weighted by Crippen LogP contribution is -2.30. The minimum absolute atomic E-state index is 0.0917. The molecule has 92 valence electrons. The van der Waals surface area contributed by atoms with Gasteiger partial charge in [0.15, 0.2) is 0 Å². The predicted octanol–water partition coefficient (Wildman–Crippen LogP) is 1.72. The molecule has 0 bridgehead atoms. The molecule has 1 amide bonds. The third-order valence-corrected chi connectivity index (χ3v) is 3.56. The molecule has 1 heterocycles. The molecular weight excluding hydrogens is 238 g/mol. The topological polar surface area (TPSA) is 40.5 Å². The molecule has 1 fully saturated rings. The fourth-order valence-electron chi connectivity index (χ4n) is 2.12. The number of rotatable bonds is 3. The van der Waals surface area contributed by atoms with E-state index in [0.29, 0.717) is 18.0 Å². The van der Waals surface area contributed by atoms with Crippen LogP contribution in [0.5, 0.6) is 0 Å². The molecule has 1 aromatic rings. The molecule has 0 spiro atoms. The Balaban J connectivity index is 1.96. The van der Waals surface area contributed by atoms with Crippen molar-refractivity contribution in [2.75, 3.05) is 19.7 Å². The maximum Gasteiger partial charge on any atom is 0.227 e. The van der Waals surface area contributed by atoms with Gasteiger partial charge in [-0.1, -0.05) is 29.8 Å². The molecule has 1 saturated heterocycles. The largest absolute Gasteiger partial charge is 0.396 e. The molecule has 17 heavy (non-hydrogen) atoms. The number of carbonyl (C=O) groups is 1. The molecule has 0 saturated carbocycles. The summed E-state index contributed by atoms with van der Waals surface area (Å²) in [5.74, 6) is 0.333. The molecule has 0 aromatic heterocycles. The first-order chi connectivity index (χ1) is 8.20. The third kappa shape index (κ3) is 2.99. The van der Waals surface area contributed by atoms with Crippen LogP contribution in [0.3, 0.4) is 0 Å². The zero-order valence-corrected chi connectivity index (χ0v) is 10.4. The molecule has 1 N–H and O–H groups in total.